The van der Waals surface area contributed by atoms with E-state index < -0.39 is 0 Å². The molecule has 0 saturated heterocycles. The highest BCUT2D eigenvalue weighted by Crippen LogP contribution is 2.21. The van der Waals surface area contributed by atoms with Crippen LogP contribution < -0.4 is 15.4 Å². The van der Waals surface area contributed by atoms with Crippen molar-refractivity contribution < 1.29 is 9.53 Å². The first-order valence-corrected chi connectivity index (χ1v) is 4.37. The van der Waals surface area contributed by atoms with Crippen LogP contribution in [0.2, 0.25) is 0 Å². The minimum absolute atomic E-state index is 0.245. The molecule has 0 aliphatic heterocycles. The van der Waals surface area contributed by atoms with Gasteiger partial charge in [-0.15, -0.1) is 0 Å². The Morgan fingerprint density at radius 3 is 3.07 bits per heavy atom. The first kappa shape index (κ1) is 10.4. The molecule has 0 fully saturated rings. The van der Waals surface area contributed by atoms with E-state index in [-0.39, 0.29) is 6.03 Å². The quantitative estimate of drug-likeness (QED) is 0.766. The summed E-state index contributed by atoms with van der Waals surface area (Å²) in [6, 6.07) is 7.88. The van der Waals surface area contributed by atoms with Gasteiger partial charge in [0.2, 0.25) is 0 Å². The molecule has 0 aromatic heterocycles. The molecule has 0 bridgehead atoms. The molecular formula is C10H13N2O2. The van der Waals surface area contributed by atoms with Gasteiger partial charge in [-0.2, -0.15) is 0 Å². The van der Waals surface area contributed by atoms with Crippen molar-refractivity contribution in [2.75, 3.05) is 19.0 Å². The molecule has 0 aliphatic carbocycles. The zero-order chi connectivity index (χ0) is 10.4. The SMILES string of the molecule is CCNC(=O)Nc1ccc[c]c1OC. The maximum atomic E-state index is 11.2. The molecule has 2 amide bonds. The molecule has 1 radical (unpaired) electrons. The van der Waals surface area contributed by atoms with Crippen molar-refractivity contribution in [3.8, 4) is 5.75 Å². The summed E-state index contributed by atoms with van der Waals surface area (Å²) >= 11 is 0. The number of hydrogen-bond donors (Lipinski definition) is 2. The number of carbonyl (C=O) groups is 1. The Balaban J connectivity index is 2.70. The fourth-order valence-corrected chi connectivity index (χ4v) is 1.02. The Labute approximate surface area is 83.3 Å². The van der Waals surface area contributed by atoms with Crippen LogP contribution in [-0.4, -0.2) is 19.7 Å². The lowest BCUT2D eigenvalue weighted by atomic mass is 10.3. The summed E-state index contributed by atoms with van der Waals surface area (Å²) in [7, 11) is 1.54. The van der Waals surface area contributed by atoms with Crippen molar-refractivity contribution in [3.63, 3.8) is 0 Å². The van der Waals surface area contributed by atoms with Gasteiger partial charge in [-0.25, -0.2) is 4.79 Å². The number of rotatable bonds is 3. The summed E-state index contributed by atoms with van der Waals surface area (Å²) in [6.07, 6.45) is 0. The molecule has 0 spiro atoms. The van der Waals surface area contributed by atoms with Crippen molar-refractivity contribution in [2.24, 2.45) is 0 Å². The second-order valence-electron chi connectivity index (χ2n) is 2.60. The summed E-state index contributed by atoms with van der Waals surface area (Å²) < 4.78 is 5.03. The minimum atomic E-state index is -0.245. The summed E-state index contributed by atoms with van der Waals surface area (Å²) in [5, 5.41) is 5.28. The normalized spacial score (nSPS) is 9.29. The lowest BCUT2D eigenvalue weighted by molar-refractivity contribution is 0.252. The minimum Gasteiger partial charge on any atom is -0.494 e. The van der Waals surface area contributed by atoms with E-state index in [1.807, 2.05) is 6.92 Å². The maximum Gasteiger partial charge on any atom is 0.319 e. The smallest absolute Gasteiger partial charge is 0.319 e. The maximum absolute atomic E-state index is 11.2. The third-order valence-electron chi connectivity index (χ3n) is 1.61. The molecule has 14 heavy (non-hydrogen) atoms. The van der Waals surface area contributed by atoms with Gasteiger partial charge in [-0.3, -0.25) is 0 Å². The summed E-state index contributed by atoms with van der Waals surface area (Å²) in [5.74, 6) is 0.527. The fourth-order valence-electron chi connectivity index (χ4n) is 1.02. The predicted octanol–water partition coefficient (Wildman–Crippen LogP) is 1.64. The number of para-hydroxylation sites is 1. The third kappa shape index (κ3) is 2.65. The second kappa shape index (κ2) is 5.11. The van der Waals surface area contributed by atoms with Crippen LogP contribution in [0.15, 0.2) is 18.2 Å². The molecule has 0 heterocycles. The molecule has 4 heteroatoms. The van der Waals surface area contributed by atoms with E-state index >= 15 is 0 Å². The number of urea groups is 1. The molecule has 1 aromatic carbocycles. The highest BCUT2D eigenvalue weighted by Gasteiger charge is 2.04. The molecule has 2 N–H and O–H groups in total. The van der Waals surface area contributed by atoms with Gasteiger partial charge in [0.25, 0.3) is 0 Å². The van der Waals surface area contributed by atoms with Crippen LogP contribution in [0.1, 0.15) is 6.92 Å². The van der Waals surface area contributed by atoms with Crippen LogP contribution in [0.5, 0.6) is 5.75 Å². The lowest BCUT2D eigenvalue weighted by Crippen LogP contribution is -2.28. The molecule has 0 unspecified atom stereocenters. The van der Waals surface area contributed by atoms with Crippen LogP contribution >= 0.6 is 0 Å². The van der Waals surface area contributed by atoms with Gasteiger partial charge in [0, 0.05) is 12.6 Å². The van der Waals surface area contributed by atoms with E-state index in [0.29, 0.717) is 18.0 Å². The Bertz CT molecular complexity index is 313. The zero-order valence-electron chi connectivity index (χ0n) is 8.26. The Morgan fingerprint density at radius 1 is 1.64 bits per heavy atom. The number of carbonyl (C=O) groups excluding carboxylic acids is 1. The van der Waals surface area contributed by atoms with Crippen LogP contribution in [0, 0.1) is 6.07 Å². The number of hydrogen-bond acceptors (Lipinski definition) is 2. The van der Waals surface area contributed by atoms with Crippen molar-refractivity contribution in [1.29, 1.82) is 0 Å². The van der Waals surface area contributed by atoms with Crippen molar-refractivity contribution >= 4 is 11.7 Å². The predicted molar refractivity (Wildman–Crippen MR) is 54.5 cm³/mol. The third-order valence-corrected chi connectivity index (χ3v) is 1.61. The average molecular weight is 193 g/mol. The summed E-state index contributed by atoms with van der Waals surface area (Å²) in [4.78, 5) is 11.2. The van der Waals surface area contributed by atoms with E-state index in [4.69, 9.17) is 4.74 Å². The molecule has 1 rings (SSSR count). The van der Waals surface area contributed by atoms with Gasteiger partial charge in [-0.05, 0) is 13.0 Å². The molecule has 0 saturated carbocycles. The van der Waals surface area contributed by atoms with E-state index in [2.05, 4.69) is 16.7 Å². The zero-order valence-corrected chi connectivity index (χ0v) is 8.26. The van der Waals surface area contributed by atoms with Gasteiger partial charge in [-0.1, -0.05) is 12.1 Å². The molecule has 0 aliphatic rings. The van der Waals surface area contributed by atoms with Gasteiger partial charge in [0.05, 0.1) is 12.8 Å². The van der Waals surface area contributed by atoms with Crippen LogP contribution in [0.4, 0.5) is 10.5 Å². The Morgan fingerprint density at radius 2 is 2.43 bits per heavy atom. The molecule has 0 atom stereocenters. The number of amides is 2. The number of nitrogens with one attached hydrogen (secondary N) is 2. The van der Waals surface area contributed by atoms with Gasteiger partial charge in [0.15, 0.2) is 0 Å². The Kier molecular flexibility index (Phi) is 3.79. The topological polar surface area (TPSA) is 50.4 Å². The highest BCUT2D eigenvalue weighted by molar-refractivity contribution is 5.90. The van der Waals surface area contributed by atoms with Crippen LogP contribution in [-0.2, 0) is 0 Å². The van der Waals surface area contributed by atoms with E-state index in [1.165, 1.54) is 7.11 Å². The van der Waals surface area contributed by atoms with E-state index in [9.17, 15) is 4.79 Å². The van der Waals surface area contributed by atoms with Gasteiger partial charge >= 0.3 is 6.03 Å². The highest BCUT2D eigenvalue weighted by atomic mass is 16.5. The van der Waals surface area contributed by atoms with Crippen LogP contribution in [0.25, 0.3) is 0 Å². The standard InChI is InChI=1S/C10H13N2O2/c1-3-11-10(13)12-8-6-4-5-7-9(8)14-2/h4-6H,3H2,1-2H3,(H2,11,12,13). The number of ether oxygens (including phenoxy) is 1. The molecule has 75 valence electrons. The van der Waals surface area contributed by atoms with Crippen LogP contribution in [0.3, 0.4) is 0 Å². The molecular weight excluding hydrogens is 180 g/mol. The number of methoxy groups -OCH3 is 1. The molecule has 1 aromatic rings. The fraction of sp³-hybridized carbons (Fsp3) is 0.300. The largest absolute Gasteiger partial charge is 0.494 e. The number of benzene rings is 1. The lowest BCUT2D eigenvalue weighted by Gasteiger charge is -2.09. The van der Waals surface area contributed by atoms with Crippen molar-refractivity contribution in [1.82, 2.24) is 5.32 Å². The van der Waals surface area contributed by atoms with Crippen molar-refractivity contribution in [3.05, 3.63) is 24.3 Å². The van der Waals surface area contributed by atoms with E-state index in [1.54, 1.807) is 18.2 Å². The van der Waals surface area contributed by atoms with Crippen molar-refractivity contribution in [2.45, 2.75) is 6.92 Å². The van der Waals surface area contributed by atoms with Gasteiger partial charge < -0.3 is 15.4 Å². The average Bonchev–Trinajstić information content (AvgIpc) is 2.19. The molecule has 4 nitrogen and oxygen atoms in total. The summed E-state index contributed by atoms with van der Waals surface area (Å²) in [6.45, 7) is 2.44. The van der Waals surface area contributed by atoms with E-state index in [0.717, 1.165) is 0 Å². The number of anilines is 1. The Hall–Kier alpha value is -1.71. The monoisotopic (exact) mass is 193 g/mol. The first-order chi connectivity index (χ1) is 6.77. The van der Waals surface area contributed by atoms with Gasteiger partial charge in [0.1, 0.15) is 5.75 Å². The second-order valence-corrected chi connectivity index (χ2v) is 2.60. The summed E-state index contributed by atoms with van der Waals surface area (Å²) in [5.41, 5.74) is 0.612. The first-order valence-electron chi connectivity index (χ1n) is 4.37.